The van der Waals surface area contributed by atoms with E-state index in [0.29, 0.717) is 17.9 Å². The van der Waals surface area contributed by atoms with Crippen LogP contribution in [0, 0.1) is 11.8 Å². The lowest BCUT2D eigenvalue weighted by atomic mass is 9.87. The van der Waals surface area contributed by atoms with Crippen molar-refractivity contribution in [3.05, 3.63) is 83.7 Å². The van der Waals surface area contributed by atoms with Crippen LogP contribution in [-0.2, 0) is 4.79 Å². The van der Waals surface area contributed by atoms with Gasteiger partial charge in [0.25, 0.3) is 0 Å². The van der Waals surface area contributed by atoms with Crippen LogP contribution in [0.2, 0.25) is 0 Å². The third kappa shape index (κ3) is 4.80. The van der Waals surface area contributed by atoms with Crippen molar-refractivity contribution in [2.75, 3.05) is 0 Å². The molecular formula is C29H30O4S. The Morgan fingerprint density at radius 1 is 1.21 bits per heavy atom. The molecule has 3 aromatic rings. The van der Waals surface area contributed by atoms with E-state index in [0.717, 1.165) is 32.0 Å². The minimum Gasteiger partial charge on any atom is -0.508 e. The minimum absolute atomic E-state index is 0.00991. The van der Waals surface area contributed by atoms with Gasteiger partial charge in [0.2, 0.25) is 0 Å². The zero-order chi connectivity index (χ0) is 24.4. The van der Waals surface area contributed by atoms with E-state index in [4.69, 9.17) is 4.74 Å². The van der Waals surface area contributed by atoms with Gasteiger partial charge in [-0.25, -0.2) is 4.79 Å². The van der Waals surface area contributed by atoms with Crippen LogP contribution in [-0.4, -0.2) is 16.2 Å². The topological polar surface area (TPSA) is 66.8 Å². The van der Waals surface area contributed by atoms with Gasteiger partial charge < -0.3 is 14.9 Å². The number of rotatable bonds is 7. The first-order valence-corrected chi connectivity index (χ1v) is 12.5. The second-order valence-electron chi connectivity index (χ2n) is 9.00. The van der Waals surface area contributed by atoms with E-state index >= 15 is 0 Å². The van der Waals surface area contributed by atoms with Gasteiger partial charge in [-0.15, -0.1) is 11.3 Å². The first-order valence-electron chi connectivity index (χ1n) is 11.6. The third-order valence-corrected chi connectivity index (χ3v) is 7.41. The molecule has 2 atom stereocenters. The van der Waals surface area contributed by atoms with Crippen LogP contribution >= 0.6 is 11.3 Å². The molecule has 0 spiro atoms. The molecule has 0 fully saturated rings. The molecule has 1 aromatic heterocycles. The lowest BCUT2D eigenvalue weighted by Gasteiger charge is -2.21. The molecule has 0 amide bonds. The maximum atomic E-state index is 11.4. The Morgan fingerprint density at radius 2 is 1.97 bits per heavy atom. The molecule has 0 radical (unpaired) electrons. The van der Waals surface area contributed by atoms with E-state index in [1.807, 2.05) is 37.3 Å². The van der Waals surface area contributed by atoms with Gasteiger partial charge in [0.1, 0.15) is 11.5 Å². The fraction of sp³-hybridized carbons (Fsp3) is 0.276. The minimum atomic E-state index is -0.865. The van der Waals surface area contributed by atoms with Crippen LogP contribution in [0.5, 0.6) is 11.5 Å². The highest BCUT2D eigenvalue weighted by molar-refractivity contribution is 7.22. The molecule has 4 rings (SSSR count). The molecule has 2 unspecified atom stereocenters. The van der Waals surface area contributed by atoms with Gasteiger partial charge in [-0.05, 0) is 59.7 Å². The molecule has 1 aliphatic carbocycles. The summed E-state index contributed by atoms with van der Waals surface area (Å²) < 4.78 is 7.50. The molecule has 176 valence electrons. The maximum Gasteiger partial charge on any atom is 0.331 e. The average molecular weight is 475 g/mol. The van der Waals surface area contributed by atoms with Crippen molar-refractivity contribution in [1.82, 2.24) is 0 Å². The average Bonchev–Trinajstić information content (AvgIpc) is 3.15. The summed E-state index contributed by atoms with van der Waals surface area (Å²) in [4.78, 5) is 12.5. The number of thiophene rings is 1. The molecule has 4 nitrogen and oxygen atoms in total. The number of aromatic hydroxyl groups is 1. The number of carboxylic acids is 1. The van der Waals surface area contributed by atoms with Crippen LogP contribution in [0.1, 0.15) is 45.6 Å². The lowest BCUT2D eigenvalue weighted by molar-refractivity contribution is -0.132. The van der Waals surface area contributed by atoms with Gasteiger partial charge in [-0.1, -0.05) is 64.1 Å². The number of allylic oxidation sites excluding steroid dienone is 4. The van der Waals surface area contributed by atoms with Crippen molar-refractivity contribution in [1.29, 1.82) is 0 Å². The molecule has 0 bridgehead atoms. The number of ether oxygens (including phenoxy) is 1. The van der Waals surface area contributed by atoms with Gasteiger partial charge in [0, 0.05) is 21.6 Å². The molecule has 1 aliphatic rings. The Labute approximate surface area is 204 Å². The fourth-order valence-electron chi connectivity index (χ4n) is 4.32. The fourth-order valence-corrected chi connectivity index (χ4v) is 5.53. The molecule has 0 saturated carbocycles. The lowest BCUT2D eigenvalue weighted by Crippen LogP contribution is -2.13. The van der Waals surface area contributed by atoms with Crippen LogP contribution < -0.4 is 4.74 Å². The van der Waals surface area contributed by atoms with Crippen molar-refractivity contribution in [3.8, 4) is 21.9 Å². The van der Waals surface area contributed by atoms with Crippen molar-refractivity contribution in [2.24, 2.45) is 11.8 Å². The van der Waals surface area contributed by atoms with Gasteiger partial charge in [-0.3, -0.25) is 0 Å². The number of hydrogen-bond acceptors (Lipinski definition) is 4. The number of fused-ring (bicyclic) bond motifs is 1. The number of carboxylic acid groups (broad SMARTS) is 1. The summed E-state index contributed by atoms with van der Waals surface area (Å²) in [7, 11) is 0. The molecule has 2 aromatic carbocycles. The van der Waals surface area contributed by atoms with E-state index in [-0.39, 0.29) is 17.6 Å². The number of carbonyl (C=O) groups is 1. The van der Waals surface area contributed by atoms with Crippen molar-refractivity contribution in [2.45, 2.75) is 40.0 Å². The Hall–Kier alpha value is -3.31. The summed E-state index contributed by atoms with van der Waals surface area (Å²) in [6, 6.07) is 13.7. The monoisotopic (exact) mass is 474 g/mol. The summed E-state index contributed by atoms with van der Waals surface area (Å²) in [5, 5.41) is 20.4. The van der Waals surface area contributed by atoms with Crippen LogP contribution in [0.3, 0.4) is 0 Å². The van der Waals surface area contributed by atoms with Gasteiger partial charge >= 0.3 is 5.97 Å². The Bertz CT molecular complexity index is 1310. The highest BCUT2D eigenvalue weighted by Gasteiger charge is 2.23. The number of aliphatic carboxylic acids is 1. The number of phenols is 1. The van der Waals surface area contributed by atoms with Gasteiger partial charge in [0.15, 0.2) is 5.75 Å². The number of benzene rings is 2. The Kier molecular flexibility index (Phi) is 6.94. The molecule has 0 saturated heterocycles. The Balaban J connectivity index is 1.75. The van der Waals surface area contributed by atoms with Crippen LogP contribution in [0.4, 0.5) is 0 Å². The first-order chi connectivity index (χ1) is 16.3. The van der Waals surface area contributed by atoms with Crippen molar-refractivity contribution in [3.63, 3.8) is 0 Å². The van der Waals surface area contributed by atoms with E-state index in [2.05, 4.69) is 45.0 Å². The van der Waals surface area contributed by atoms with E-state index in [1.54, 1.807) is 23.5 Å². The number of phenolic OH excluding ortho intramolecular Hbond substituents is 1. The predicted octanol–water partition coefficient (Wildman–Crippen LogP) is 7.90. The Morgan fingerprint density at radius 3 is 2.65 bits per heavy atom. The zero-order valence-electron chi connectivity index (χ0n) is 19.9. The summed E-state index contributed by atoms with van der Waals surface area (Å²) in [5.41, 5.74) is 2.81. The molecule has 1 heterocycles. The summed E-state index contributed by atoms with van der Waals surface area (Å²) in [6.07, 6.45) is 8.33. The van der Waals surface area contributed by atoms with E-state index < -0.39 is 5.97 Å². The predicted molar refractivity (Wildman–Crippen MR) is 140 cm³/mol. The summed E-state index contributed by atoms with van der Waals surface area (Å²) in [6.45, 7) is 8.29. The second kappa shape index (κ2) is 9.90. The van der Waals surface area contributed by atoms with Gasteiger partial charge in [-0.2, -0.15) is 0 Å². The smallest absolute Gasteiger partial charge is 0.331 e. The first kappa shape index (κ1) is 23.8. The zero-order valence-corrected chi connectivity index (χ0v) is 20.7. The van der Waals surface area contributed by atoms with Crippen LogP contribution in [0.15, 0.2) is 78.1 Å². The molecular weight excluding hydrogens is 444 g/mol. The normalized spacial score (nSPS) is 18.4. The van der Waals surface area contributed by atoms with Crippen molar-refractivity contribution < 1.29 is 19.7 Å². The summed E-state index contributed by atoms with van der Waals surface area (Å²) in [5.74, 6) is 1.35. The van der Waals surface area contributed by atoms with Gasteiger partial charge in [0.05, 0.1) is 4.88 Å². The standard InChI is InChI=1S/C29H30O4S/c1-5-19(29(31)32)15-20-10-12-22(14-18(20)4)33-27-25-13-11-21(30)16-26(25)34-28(27)24-9-7-6-8-23(24)17(2)3/h6-18,20,30H,5H2,1-4H3,(H,31,32)/b19-15+. The van der Waals surface area contributed by atoms with E-state index in [9.17, 15) is 15.0 Å². The van der Waals surface area contributed by atoms with Crippen molar-refractivity contribution >= 4 is 27.4 Å². The maximum absolute atomic E-state index is 11.4. The van der Waals surface area contributed by atoms with Crippen LogP contribution in [0.25, 0.3) is 20.5 Å². The number of hydrogen-bond donors (Lipinski definition) is 2. The highest BCUT2D eigenvalue weighted by Crippen LogP contribution is 2.48. The van der Waals surface area contributed by atoms with E-state index in [1.165, 1.54) is 5.56 Å². The SMILES string of the molecule is CC/C(=C\C1C=CC(Oc2c(-c3ccccc3C(C)C)sc3cc(O)ccc23)=CC1C)C(=O)O. The largest absolute Gasteiger partial charge is 0.508 e. The highest BCUT2D eigenvalue weighted by atomic mass is 32.1. The molecule has 2 N–H and O–H groups in total. The summed E-state index contributed by atoms with van der Waals surface area (Å²) >= 11 is 1.62. The third-order valence-electron chi connectivity index (χ3n) is 6.24. The molecule has 0 aliphatic heterocycles. The molecule has 34 heavy (non-hydrogen) atoms. The second-order valence-corrected chi connectivity index (χ2v) is 10.1. The molecule has 5 heteroatoms. The quantitative estimate of drug-likeness (QED) is 0.342.